The summed E-state index contributed by atoms with van der Waals surface area (Å²) in [5.41, 5.74) is -0.788. The van der Waals surface area contributed by atoms with Crippen LogP contribution in [-0.2, 0) is 9.53 Å². The fourth-order valence-electron chi connectivity index (χ4n) is 0.847. The van der Waals surface area contributed by atoms with Crippen LogP contribution in [0.4, 0.5) is 0 Å². The molecule has 0 amide bonds. The highest BCUT2D eigenvalue weighted by atomic mass is 16.6. The Morgan fingerprint density at radius 1 is 1.59 bits per heavy atom. The maximum Gasteiger partial charge on any atom is 0.349 e. The molecule has 0 aromatic carbocycles. The summed E-state index contributed by atoms with van der Waals surface area (Å²) in [5, 5.41) is 21.9. The van der Waals surface area contributed by atoms with E-state index in [1.807, 2.05) is 0 Å². The molecule has 0 aliphatic rings. The number of nitriles is 1. The van der Waals surface area contributed by atoms with Crippen molar-refractivity contribution in [1.29, 1.82) is 5.26 Å². The van der Waals surface area contributed by atoms with Crippen LogP contribution in [0.1, 0.15) is 13.8 Å². The molecule has 0 aromatic heterocycles. The van der Waals surface area contributed by atoms with Crippen molar-refractivity contribution < 1.29 is 14.5 Å². The molecular weight excluding hydrogens is 226 g/mol. The lowest BCUT2D eigenvalue weighted by molar-refractivity contribution is -0.419. The van der Waals surface area contributed by atoms with Crippen LogP contribution < -0.4 is 5.32 Å². The predicted octanol–water partition coefficient (Wildman–Crippen LogP) is 0.727. The van der Waals surface area contributed by atoms with Crippen molar-refractivity contribution >= 4 is 5.97 Å². The first-order valence-corrected chi connectivity index (χ1v) is 4.93. The summed E-state index contributed by atoms with van der Waals surface area (Å²) in [6.45, 7) is 3.93. The zero-order valence-corrected chi connectivity index (χ0v) is 9.60. The standard InChI is InChI=1S/C10H13N3O4/c1-3-12-7-9(13(15)16)5-8(6-11)10(14)17-4-2/h5,7,12H,3-4H2,1-2H3. The van der Waals surface area contributed by atoms with Gasteiger partial charge in [0.15, 0.2) is 0 Å². The van der Waals surface area contributed by atoms with E-state index in [1.54, 1.807) is 19.9 Å². The van der Waals surface area contributed by atoms with Gasteiger partial charge in [-0.1, -0.05) is 0 Å². The number of nitrogens with zero attached hydrogens (tertiary/aromatic N) is 2. The molecule has 0 bridgehead atoms. The summed E-state index contributed by atoms with van der Waals surface area (Å²) in [6.07, 6.45) is 2.00. The molecule has 0 atom stereocenters. The van der Waals surface area contributed by atoms with E-state index in [9.17, 15) is 14.9 Å². The van der Waals surface area contributed by atoms with Crippen LogP contribution >= 0.6 is 0 Å². The van der Waals surface area contributed by atoms with Gasteiger partial charge in [-0.2, -0.15) is 5.26 Å². The first-order valence-electron chi connectivity index (χ1n) is 4.93. The minimum atomic E-state index is -0.876. The van der Waals surface area contributed by atoms with Crippen molar-refractivity contribution in [2.24, 2.45) is 0 Å². The number of hydrogen-bond donors (Lipinski definition) is 1. The third-order valence-electron chi connectivity index (χ3n) is 1.57. The molecule has 0 fully saturated rings. The molecule has 7 nitrogen and oxygen atoms in total. The lowest BCUT2D eigenvalue weighted by atomic mass is 10.2. The normalized spacial score (nSPS) is 11.6. The largest absolute Gasteiger partial charge is 0.462 e. The number of ether oxygens (including phenoxy) is 1. The summed E-state index contributed by atoms with van der Waals surface area (Å²) in [7, 11) is 0. The van der Waals surface area contributed by atoms with Crippen molar-refractivity contribution in [3.8, 4) is 6.07 Å². The van der Waals surface area contributed by atoms with Gasteiger partial charge in [0.2, 0.25) is 0 Å². The van der Waals surface area contributed by atoms with Gasteiger partial charge < -0.3 is 10.1 Å². The zero-order valence-electron chi connectivity index (χ0n) is 9.60. The lowest BCUT2D eigenvalue weighted by Crippen LogP contribution is -2.11. The van der Waals surface area contributed by atoms with Crippen LogP contribution in [0.25, 0.3) is 0 Å². The first-order chi connectivity index (χ1) is 8.06. The molecule has 0 saturated heterocycles. The Bertz CT molecular complexity index is 393. The Kier molecular flexibility index (Phi) is 6.78. The van der Waals surface area contributed by atoms with E-state index >= 15 is 0 Å². The van der Waals surface area contributed by atoms with E-state index in [2.05, 4.69) is 10.1 Å². The number of allylic oxidation sites excluding steroid dienone is 1. The second-order valence-electron chi connectivity index (χ2n) is 2.77. The topological polar surface area (TPSA) is 105 Å². The Labute approximate surface area is 98.5 Å². The molecule has 7 heteroatoms. The van der Waals surface area contributed by atoms with Gasteiger partial charge in [0.05, 0.1) is 17.7 Å². The Morgan fingerprint density at radius 2 is 2.24 bits per heavy atom. The molecular formula is C10H13N3O4. The van der Waals surface area contributed by atoms with Gasteiger partial charge in [-0.3, -0.25) is 10.1 Å². The number of esters is 1. The van der Waals surface area contributed by atoms with Gasteiger partial charge in [-0.25, -0.2) is 4.79 Å². The fraction of sp³-hybridized carbons (Fsp3) is 0.400. The maximum absolute atomic E-state index is 11.2. The van der Waals surface area contributed by atoms with E-state index in [4.69, 9.17) is 5.26 Å². The smallest absolute Gasteiger partial charge is 0.349 e. The molecule has 0 aromatic rings. The SMILES string of the molecule is CCNC=C(C=C(C#N)C(=O)OCC)[N+](=O)[O-]. The molecule has 0 heterocycles. The molecule has 0 spiro atoms. The second-order valence-corrected chi connectivity index (χ2v) is 2.77. The van der Waals surface area contributed by atoms with Crippen molar-refractivity contribution in [1.82, 2.24) is 5.32 Å². The molecule has 92 valence electrons. The van der Waals surface area contributed by atoms with Crippen LogP contribution in [0, 0.1) is 21.4 Å². The van der Waals surface area contributed by atoms with Crippen molar-refractivity contribution in [3.05, 3.63) is 33.7 Å². The van der Waals surface area contributed by atoms with Gasteiger partial charge in [-0.05, 0) is 13.8 Å². The summed E-state index contributed by atoms with van der Waals surface area (Å²) in [5.74, 6) is -0.876. The highest BCUT2D eigenvalue weighted by molar-refractivity contribution is 5.93. The summed E-state index contributed by atoms with van der Waals surface area (Å²) >= 11 is 0. The molecule has 0 aliphatic heterocycles. The molecule has 1 N–H and O–H groups in total. The number of carbonyl (C=O) groups excluding carboxylic acids is 1. The van der Waals surface area contributed by atoms with E-state index in [-0.39, 0.29) is 12.3 Å². The van der Waals surface area contributed by atoms with Crippen LogP contribution in [0.15, 0.2) is 23.5 Å². The number of hydrogen-bond acceptors (Lipinski definition) is 6. The highest BCUT2D eigenvalue weighted by Crippen LogP contribution is 2.04. The predicted molar refractivity (Wildman–Crippen MR) is 59.1 cm³/mol. The maximum atomic E-state index is 11.2. The van der Waals surface area contributed by atoms with Gasteiger partial charge in [-0.15, -0.1) is 0 Å². The van der Waals surface area contributed by atoms with Gasteiger partial charge in [0.1, 0.15) is 11.6 Å². The van der Waals surface area contributed by atoms with Crippen LogP contribution in [0.3, 0.4) is 0 Å². The fourth-order valence-corrected chi connectivity index (χ4v) is 0.847. The van der Waals surface area contributed by atoms with Gasteiger partial charge in [0, 0.05) is 12.6 Å². The lowest BCUT2D eigenvalue weighted by Gasteiger charge is -1.99. The monoisotopic (exact) mass is 239 g/mol. The number of nitro groups is 1. The third kappa shape index (κ3) is 5.32. The number of carbonyl (C=O) groups is 1. The van der Waals surface area contributed by atoms with Crippen LogP contribution in [0.2, 0.25) is 0 Å². The Balaban J connectivity index is 5.08. The van der Waals surface area contributed by atoms with Crippen LogP contribution in [0.5, 0.6) is 0 Å². The molecule has 0 rings (SSSR count). The van der Waals surface area contributed by atoms with Crippen molar-refractivity contribution in [3.63, 3.8) is 0 Å². The molecule has 0 unspecified atom stereocenters. The average molecular weight is 239 g/mol. The van der Waals surface area contributed by atoms with Gasteiger partial charge >= 0.3 is 5.97 Å². The molecule has 0 saturated carbocycles. The minimum Gasteiger partial charge on any atom is -0.462 e. The molecule has 0 aliphatic carbocycles. The van der Waals surface area contributed by atoms with E-state index in [0.29, 0.717) is 6.54 Å². The third-order valence-corrected chi connectivity index (χ3v) is 1.57. The van der Waals surface area contributed by atoms with E-state index in [1.165, 1.54) is 0 Å². The van der Waals surface area contributed by atoms with Crippen molar-refractivity contribution in [2.45, 2.75) is 13.8 Å². The average Bonchev–Trinajstić information content (AvgIpc) is 2.29. The van der Waals surface area contributed by atoms with E-state index in [0.717, 1.165) is 12.3 Å². The number of rotatable bonds is 6. The minimum absolute atomic E-state index is 0.0998. The Hall–Kier alpha value is -2.36. The summed E-state index contributed by atoms with van der Waals surface area (Å²) < 4.78 is 4.58. The van der Waals surface area contributed by atoms with Crippen LogP contribution in [-0.4, -0.2) is 24.0 Å². The summed E-state index contributed by atoms with van der Waals surface area (Å²) in [4.78, 5) is 21.2. The summed E-state index contributed by atoms with van der Waals surface area (Å²) in [6, 6.07) is 1.56. The van der Waals surface area contributed by atoms with E-state index < -0.39 is 16.5 Å². The Morgan fingerprint density at radius 3 is 2.65 bits per heavy atom. The first kappa shape index (κ1) is 14.6. The number of nitrogens with one attached hydrogen (secondary N) is 1. The van der Waals surface area contributed by atoms with Gasteiger partial charge in [0.25, 0.3) is 5.70 Å². The van der Waals surface area contributed by atoms with Crippen molar-refractivity contribution in [2.75, 3.05) is 13.2 Å². The highest BCUT2D eigenvalue weighted by Gasteiger charge is 2.15. The second kappa shape index (κ2) is 7.87. The quantitative estimate of drug-likeness (QED) is 0.183. The zero-order chi connectivity index (χ0) is 13.3. The molecule has 0 radical (unpaired) electrons. The molecule has 17 heavy (non-hydrogen) atoms.